The first-order valence-corrected chi connectivity index (χ1v) is 25.4. The van der Waals surface area contributed by atoms with E-state index in [2.05, 4.69) is 128 Å². The second kappa shape index (κ2) is 40.0. The van der Waals surface area contributed by atoms with E-state index in [0.717, 1.165) is 50.8 Å². The zero-order chi connectivity index (χ0) is 59.9. The molecular formula is C62H47F3Ir6N20-6. The summed E-state index contributed by atoms with van der Waals surface area (Å²) in [6, 6.07) is 52.5. The number of hydrogen-bond acceptors (Lipinski definition) is 12. The number of halogens is 3. The molecule has 12 heterocycles. The molecule has 0 saturated heterocycles. The van der Waals surface area contributed by atoms with Crippen LogP contribution in [0, 0.1) is 57.2 Å². The van der Waals surface area contributed by atoms with Crippen LogP contribution in [-0.2, 0) is 132 Å². The zero-order valence-corrected chi connectivity index (χ0v) is 62.2. The normalized spacial score (nSPS) is 9.81. The molecule has 6 radical (unpaired) electrons. The molecule has 29 heteroatoms. The minimum atomic E-state index is -4.45. The average molecular weight is 2280 g/mol. The predicted molar refractivity (Wildman–Crippen MR) is 308 cm³/mol. The van der Waals surface area contributed by atoms with Gasteiger partial charge in [0.25, 0.3) is 0 Å². The number of hydrogen-bond donors (Lipinski definition) is 0. The van der Waals surface area contributed by atoms with E-state index in [4.69, 9.17) is 13.1 Å². The van der Waals surface area contributed by atoms with Crippen LogP contribution in [0.15, 0.2) is 213 Å². The van der Waals surface area contributed by atoms with Crippen molar-refractivity contribution in [3.8, 4) is 46.2 Å². The van der Waals surface area contributed by atoms with Gasteiger partial charge in [0.2, 0.25) is 0 Å². The molecular weight excluding hydrogens is 2240 g/mol. The van der Waals surface area contributed by atoms with E-state index >= 15 is 0 Å². The number of benzene rings is 1. The SMILES string of the molecule is CC(C)(C)c1c[c-]n(-c2ccccn2)n1.Cc1c[c-]n(-c2ccccn2)n1.FC(F)(F)c1c[c-]n(-c2ccccn2)n1.[C-]#[N+]c1c[c-]n(-c2ccccn2)n1.[C-]#[N+]c1c[c-]n(-c2ccccn2)n1.[Ir].[Ir].[Ir].[Ir].[Ir].[Ir].[c-]1cc(-c2ccccc2)nn1-c1ccccn1. The number of rotatable bonds is 7. The van der Waals surface area contributed by atoms with Crippen molar-refractivity contribution in [3.05, 3.63) is 290 Å². The van der Waals surface area contributed by atoms with Gasteiger partial charge < -0.3 is 48.4 Å². The van der Waals surface area contributed by atoms with Crippen molar-refractivity contribution in [2.24, 2.45) is 0 Å². The first kappa shape index (κ1) is 79.1. The van der Waals surface area contributed by atoms with Crippen LogP contribution in [0.4, 0.5) is 24.8 Å². The van der Waals surface area contributed by atoms with Crippen LogP contribution in [0.3, 0.4) is 0 Å². The summed E-state index contributed by atoms with van der Waals surface area (Å²) in [5, 5.41) is 24.3. The van der Waals surface area contributed by atoms with Gasteiger partial charge in [-0.3, -0.25) is 30.4 Å². The molecule has 0 amide bonds. The summed E-state index contributed by atoms with van der Waals surface area (Å²) in [5.41, 5.74) is 3.02. The average Bonchev–Trinajstić information content (AvgIpc) is 1.92. The van der Waals surface area contributed by atoms with Gasteiger partial charge in [0.05, 0.1) is 40.6 Å². The van der Waals surface area contributed by atoms with Gasteiger partial charge in [0.1, 0.15) is 0 Å². The number of nitrogens with zero attached hydrogens (tertiary/aromatic N) is 20. The molecule has 0 saturated carbocycles. The van der Waals surface area contributed by atoms with Gasteiger partial charge in [-0.15, -0.1) is 24.3 Å². The maximum atomic E-state index is 12.2. The molecule has 0 bridgehead atoms. The van der Waals surface area contributed by atoms with Crippen LogP contribution in [0.2, 0.25) is 0 Å². The van der Waals surface area contributed by atoms with Gasteiger partial charge >= 0.3 is 17.8 Å². The Hall–Kier alpha value is -7.95. The van der Waals surface area contributed by atoms with Crippen molar-refractivity contribution in [3.63, 3.8) is 0 Å². The largest absolute Gasteiger partial charge is 0.388 e. The molecule has 0 fully saturated rings. The summed E-state index contributed by atoms with van der Waals surface area (Å²) in [7, 11) is 0. The summed E-state index contributed by atoms with van der Waals surface area (Å²) in [5.74, 6) is 4.65. The minimum absolute atomic E-state index is 0. The van der Waals surface area contributed by atoms with Gasteiger partial charge in [-0.1, -0.05) is 174 Å². The van der Waals surface area contributed by atoms with Crippen molar-refractivity contribution in [1.82, 2.24) is 88.6 Å². The van der Waals surface area contributed by atoms with E-state index in [9.17, 15) is 13.2 Å². The van der Waals surface area contributed by atoms with Crippen molar-refractivity contribution in [2.45, 2.75) is 39.3 Å². The Morgan fingerprint density at radius 3 is 0.934 bits per heavy atom. The van der Waals surface area contributed by atoms with E-state index in [-0.39, 0.29) is 126 Å². The Morgan fingerprint density at radius 2 is 0.648 bits per heavy atom. The predicted octanol–water partition coefficient (Wildman–Crippen LogP) is 11.8. The number of aromatic nitrogens is 18. The standard InChI is InChI=1S/C14H10N3.C12H14N3.C9H5F3N3.2C9H5N4.C9H8N3.6Ir/c1-2-6-12(7-3-1)13-9-11-17(16-13)14-8-4-5-10-15-14;1-12(2,3)10-7-9-15(14-10)11-6-4-5-8-13-11;10-9(11,12)7-4-6-15(14-7)8-3-1-2-5-13-8;2*1-10-8-5-7-13(12-8)9-4-2-3-6-11-9;1-8-5-7-12(11-8)9-4-2-3-6-10-9;;;;;;/h1-10H;4-8H,1-3H3;1-5H;2*2-6H;2-6H,1H3;;;;;;/q6*-1;;;;;;. The Bertz CT molecular complexity index is 3930. The van der Waals surface area contributed by atoms with Crippen LogP contribution in [0.25, 0.3) is 55.9 Å². The summed E-state index contributed by atoms with van der Waals surface area (Å²) in [6.07, 6.45) is 22.6. The van der Waals surface area contributed by atoms with Crippen LogP contribution >= 0.6 is 0 Å². The van der Waals surface area contributed by atoms with E-state index in [1.165, 1.54) is 27.7 Å². The Morgan fingerprint density at radius 1 is 0.352 bits per heavy atom. The van der Waals surface area contributed by atoms with Crippen molar-refractivity contribution < 1.29 is 134 Å². The fourth-order valence-electron chi connectivity index (χ4n) is 6.73. The second-order valence-corrected chi connectivity index (χ2v) is 18.1. The summed E-state index contributed by atoms with van der Waals surface area (Å²) in [6.45, 7) is 21.8. The monoisotopic (exact) mass is 2290 g/mol. The van der Waals surface area contributed by atoms with Gasteiger partial charge in [-0.05, 0) is 93.6 Å². The van der Waals surface area contributed by atoms with Crippen LogP contribution < -0.4 is 0 Å². The maximum Gasteiger partial charge on any atom is 0.388 e. The third kappa shape index (κ3) is 24.6. The first-order chi connectivity index (χ1) is 41.2. The second-order valence-electron chi connectivity index (χ2n) is 18.1. The van der Waals surface area contributed by atoms with Gasteiger partial charge in [-0.25, -0.2) is 9.36 Å². The van der Waals surface area contributed by atoms with E-state index in [1.807, 2.05) is 134 Å². The smallest absolute Gasteiger partial charge is 0.343 e. The van der Waals surface area contributed by atoms with Crippen LogP contribution in [0.5, 0.6) is 0 Å². The molecule has 91 heavy (non-hydrogen) atoms. The molecule has 0 aliphatic heterocycles. The van der Waals surface area contributed by atoms with E-state index in [1.54, 1.807) is 75.4 Å². The molecule has 0 aliphatic carbocycles. The van der Waals surface area contributed by atoms with Crippen molar-refractivity contribution >= 4 is 11.6 Å². The fraction of sp³-hybridized carbons (Fsp3) is 0.0968. The Kier molecular flexibility index (Phi) is 34.8. The minimum Gasteiger partial charge on any atom is -0.343 e. The van der Waals surface area contributed by atoms with E-state index in [0.29, 0.717) is 29.1 Å². The van der Waals surface area contributed by atoms with Crippen LogP contribution in [-0.4, -0.2) is 88.6 Å². The topological polar surface area (TPSA) is 193 Å². The molecule has 1 aromatic carbocycles. The molecule has 13 aromatic rings. The summed E-state index contributed by atoms with van der Waals surface area (Å²) >= 11 is 0. The van der Waals surface area contributed by atoms with Crippen molar-refractivity contribution in [2.75, 3.05) is 0 Å². The Labute approximate surface area is 604 Å². The molecule has 476 valence electrons. The quantitative estimate of drug-likeness (QED) is 0.137. The Balaban J connectivity index is 0.000000368. The first-order valence-electron chi connectivity index (χ1n) is 25.4. The van der Waals surface area contributed by atoms with Gasteiger partial charge in [-0.2, -0.15) is 13.2 Å². The molecule has 0 aliphatic rings. The van der Waals surface area contributed by atoms with Gasteiger partial charge in [0, 0.05) is 158 Å². The number of aryl methyl sites for hydroxylation is 1. The molecule has 13 rings (SSSR count). The summed E-state index contributed by atoms with van der Waals surface area (Å²) in [4.78, 5) is 30.9. The molecule has 0 unspecified atom stereocenters. The maximum absolute atomic E-state index is 12.2. The van der Waals surface area contributed by atoms with Gasteiger partial charge in [0.15, 0.2) is 0 Å². The molecule has 0 atom stereocenters. The van der Waals surface area contributed by atoms with E-state index < -0.39 is 11.9 Å². The van der Waals surface area contributed by atoms with Crippen LogP contribution in [0.1, 0.15) is 37.9 Å². The number of pyridine rings is 6. The summed E-state index contributed by atoms with van der Waals surface area (Å²) < 4.78 is 45.4. The fourth-order valence-corrected chi connectivity index (χ4v) is 6.73. The molecule has 0 spiro atoms. The third-order valence-corrected chi connectivity index (χ3v) is 10.8. The molecule has 20 nitrogen and oxygen atoms in total. The van der Waals surface area contributed by atoms with Crippen molar-refractivity contribution in [1.29, 1.82) is 0 Å². The molecule has 12 aromatic heterocycles. The number of alkyl halides is 3. The molecule has 0 N–H and O–H groups in total. The third-order valence-electron chi connectivity index (χ3n) is 10.8. The zero-order valence-electron chi connectivity index (χ0n) is 47.8.